The monoisotopic (exact) mass is 537 g/mol. The second-order valence-corrected chi connectivity index (χ2v) is 10.3. The third-order valence-corrected chi connectivity index (χ3v) is 7.75. The van der Waals surface area contributed by atoms with Crippen molar-refractivity contribution in [2.45, 2.75) is 44.4 Å². The minimum atomic E-state index is -0.982. The van der Waals surface area contributed by atoms with E-state index in [0.29, 0.717) is 24.4 Å². The van der Waals surface area contributed by atoms with Gasteiger partial charge in [0.25, 0.3) is 0 Å². The molecule has 3 aliphatic rings. The van der Waals surface area contributed by atoms with Crippen LogP contribution in [-0.4, -0.2) is 30.2 Å². The Labute approximate surface area is 210 Å². The molecular formula is C26H24BrN3O5. The van der Waals surface area contributed by atoms with Crippen LogP contribution in [0.1, 0.15) is 65.1 Å². The van der Waals surface area contributed by atoms with Crippen LogP contribution in [0.25, 0.3) is 0 Å². The summed E-state index contributed by atoms with van der Waals surface area (Å²) in [5.41, 5.74) is 2.71. The van der Waals surface area contributed by atoms with E-state index in [0.717, 1.165) is 26.9 Å². The first-order valence-corrected chi connectivity index (χ1v) is 12.4. The molecule has 2 aromatic carbocycles. The highest BCUT2D eigenvalue weighted by Crippen LogP contribution is 2.59. The number of amides is 1. The molecule has 4 heterocycles. The second-order valence-electron chi connectivity index (χ2n) is 9.45. The number of fused-ring (bicyclic) bond motifs is 4. The summed E-state index contributed by atoms with van der Waals surface area (Å²) in [6.07, 6.45) is 0.317. The maximum Gasteiger partial charge on any atom is 0.360 e. The molecule has 0 radical (unpaired) electrons. The Morgan fingerprint density at radius 3 is 2.80 bits per heavy atom. The molecule has 1 spiro atoms. The Morgan fingerprint density at radius 2 is 2.03 bits per heavy atom. The molecule has 8 nitrogen and oxygen atoms in total. The molecule has 0 saturated carbocycles. The number of oxazole rings is 1. The SMILES string of the molecule is COC(=O)c1nc2oc1C13c4cc(ccc4OC1Nc1c(Br)cccc13)CCC(=O)NC2C(C)C. The predicted molar refractivity (Wildman–Crippen MR) is 130 cm³/mol. The average Bonchev–Trinajstić information content (AvgIpc) is 3.50. The van der Waals surface area contributed by atoms with Crippen LogP contribution in [0.4, 0.5) is 5.69 Å². The van der Waals surface area contributed by atoms with Gasteiger partial charge in [-0.05, 0) is 46.0 Å². The largest absolute Gasteiger partial charge is 0.469 e. The lowest BCUT2D eigenvalue weighted by Crippen LogP contribution is -2.40. The zero-order chi connectivity index (χ0) is 24.5. The molecule has 3 aliphatic heterocycles. The maximum absolute atomic E-state index is 13.1. The molecule has 180 valence electrons. The van der Waals surface area contributed by atoms with Crippen molar-refractivity contribution < 1.29 is 23.5 Å². The van der Waals surface area contributed by atoms with Crippen LogP contribution in [0.5, 0.6) is 5.75 Å². The van der Waals surface area contributed by atoms with E-state index in [-0.39, 0.29) is 23.4 Å². The van der Waals surface area contributed by atoms with Crippen LogP contribution in [0.15, 0.2) is 45.3 Å². The van der Waals surface area contributed by atoms with Gasteiger partial charge in [0, 0.05) is 22.0 Å². The fraction of sp³-hybridized carbons (Fsp3) is 0.346. The summed E-state index contributed by atoms with van der Waals surface area (Å²) >= 11 is 3.65. The summed E-state index contributed by atoms with van der Waals surface area (Å²) in [7, 11) is 1.32. The lowest BCUT2D eigenvalue weighted by atomic mass is 9.72. The van der Waals surface area contributed by atoms with Crippen molar-refractivity contribution in [3.8, 4) is 5.75 Å². The van der Waals surface area contributed by atoms with Gasteiger partial charge in [-0.25, -0.2) is 9.78 Å². The molecular weight excluding hydrogens is 514 g/mol. The number of halogens is 1. The Bertz CT molecular complexity index is 1380. The first kappa shape index (κ1) is 22.2. The van der Waals surface area contributed by atoms with Crippen molar-refractivity contribution in [1.82, 2.24) is 10.3 Å². The normalized spacial score (nSPS) is 23.9. The van der Waals surface area contributed by atoms with E-state index in [9.17, 15) is 9.59 Å². The van der Waals surface area contributed by atoms with Crippen molar-refractivity contribution >= 4 is 33.5 Å². The molecule has 3 aromatic rings. The van der Waals surface area contributed by atoms with Crippen LogP contribution < -0.4 is 15.4 Å². The number of hydrogen-bond acceptors (Lipinski definition) is 7. The summed E-state index contributed by atoms with van der Waals surface area (Å²) in [6, 6.07) is 11.3. The number of rotatable bonds is 2. The number of hydrogen-bond donors (Lipinski definition) is 2. The van der Waals surface area contributed by atoms with Crippen molar-refractivity contribution in [1.29, 1.82) is 0 Å². The quantitative estimate of drug-likeness (QED) is 0.465. The van der Waals surface area contributed by atoms with E-state index in [1.54, 1.807) is 0 Å². The van der Waals surface area contributed by atoms with Crippen molar-refractivity contribution in [3.05, 3.63) is 74.9 Å². The van der Waals surface area contributed by atoms with Gasteiger partial charge in [0.1, 0.15) is 17.2 Å². The Balaban J connectivity index is 1.72. The highest BCUT2D eigenvalue weighted by molar-refractivity contribution is 9.10. The number of benzene rings is 2. The van der Waals surface area contributed by atoms with Crippen LogP contribution >= 0.6 is 15.9 Å². The lowest BCUT2D eigenvalue weighted by Gasteiger charge is -2.27. The molecule has 3 unspecified atom stereocenters. The fourth-order valence-corrected chi connectivity index (χ4v) is 5.89. The number of nitrogens with zero attached hydrogens (tertiary/aromatic N) is 1. The lowest BCUT2D eigenvalue weighted by molar-refractivity contribution is -0.122. The van der Waals surface area contributed by atoms with E-state index in [1.165, 1.54) is 7.11 Å². The van der Waals surface area contributed by atoms with Crippen molar-refractivity contribution in [2.75, 3.05) is 12.4 Å². The average molecular weight is 538 g/mol. The van der Waals surface area contributed by atoms with Crippen LogP contribution in [-0.2, 0) is 21.4 Å². The zero-order valence-corrected chi connectivity index (χ0v) is 21.1. The third kappa shape index (κ3) is 3.07. The number of carbonyl (C=O) groups excluding carboxylic acids is 2. The molecule has 0 aliphatic carbocycles. The highest BCUT2D eigenvalue weighted by atomic mass is 79.9. The van der Waals surface area contributed by atoms with Crippen LogP contribution in [0.3, 0.4) is 0 Å². The molecule has 1 amide bonds. The van der Waals surface area contributed by atoms with Gasteiger partial charge in [0.05, 0.1) is 12.8 Å². The number of ether oxygens (including phenoxy) is 2. The van der Waals surface area contributed by atoms with Gasteiger partial charge >= 0.3 is 5.97 Å². The van der Waals surface area contributed by atoms with Gasteiger partial charge in [0.2, 0.25) is 11.8 Å². The third-order valence-electron chi connectivity index (χ3n) is 7.09. The van der Waals surface area contributed by atoms with Crippen molar-refractivity contribution in [3.63, 3.8) is 0 Å². The number of methoxy groups -OCH3 is 1. The smallest absolute Gasteiger partial charge is 0.360 e. The molecule has 6 rings (SSSR count). The molecule has 35 heavy (non-hydrogen) atoms. The first-order chi connectivity index (χ1) is 16.8. The Hall–Kier alpha value is -3.33. The minimum Gasteiger partial charge on any atom is -0.469 e. The molecule has 1 aromatic heterocycles. The minimum absolute atomic E-state index is 0.0245. The van der Waals surface area contributed by atoms with E-state index < -0.39 is 23.7 Å². The topological polar surface area (TPSA) is 103 Å². The van der Waals surface area contributed by atoms with E-state index in [1.807, 2.05) is 50.2 Å². The van der Waals surface area contributed by atoms with Crippen LogP contribution in [0, 0.1) is 5.92 Å². The Morgan fingerprint density at radius 1 is 1.20 bits per heavy atom. The molecule has 0 saturated heterocycles. The number of carbonyl (C=O) groups is 2. The molecule has 9 heteroatoms. The first-order valence-electron chi connectivity index (χ1n) is 11.6. The predicted octanol–water partition coefficient (Wildman–Crippen LogP) is 4.46. The summed E-state index contributed by atoms with van der Waals surface area (Å²) in [5, 5.41) is 6.54. The Kier molecular flexibility index (Phi) is 4.96. The van der Waals surface area contributed by atoms with Gasteiger partial charge in [-0.2, -0.15) is 0 Å². The van der Waals surface area contributed by atoms with E-state index >= 15 is 0 Å². The van der Waals surface area contributed by atoms with Crippen molar-refractivity contribution in [2.24, 2.45) is 5.92 Å². The highest BCUT2D eigenvalue weighted by Gasteiger charge is 2.61. The van der Waals surface area contributed by atoms with Gasteiger partial charge < -0.3 is 24.5 Å². The van der Waals surface area contributed by atoms with E-state index in [2.05, 4.69) is 31.5 Å². The molecule has 2 N–H and O–H groups in total. The number of anilines is 1. The van der Waals surface area contributed by atoms with Gasteiger partial charge in [-0.1, -0.05) is 38.1 Å². The maximum atomic E-state index is 13.1. The molecule has 0 fully saturated rings. The summed E-state index contributed by atoms with van der Waals surface area (Å²) in [5.74, 6) is 0.552. The van der Waals surface area contributed by atoms with E-state index in [4.69, 9.17) is 13.9 Å². The molecule has 4 bridgehead atoms. The van der Waals surface area contributed by atoms with Gasteiger partial charge in [-0.15, -0.1) is 0 Å². The standard InChI is InChI=1S/C26H24BrN3O5/c1-12(2)19-23-29-21(24(32)33-3)22(35-23)26-14-5-4-6-16(27)20(14)30-25(26)34-17-9-7-13(11-15(17)26)8-10-18(31)28-19/h4-7,9,11-12,19,25,30H,8,10H2,1-3H3,(H,28,31). The van der Waals surface area contributed by atoms with Crippen LogP contribution in [0.2, 0.25) is 0 Å². The number of nitrogens with one attached hydrogen (secondary N) is 2. The summed E-state index contributed by atoms with van der Waals surface area (Å²) in [4.78, 5) is 30.5. The number of esters is 1. The number of aryl methyl sites for hydroxylation is 1. The second kappa shape index (κ2) is 7.84. The zero-order valence-electron chi connectivity index (χ0n) is 19.5. The van der Waals surface area contributed by atoms with Gasteiger partial charge in [0.15, 0.2) is 17.7 Å². The number of aromatic nitrogens is 1. The summed E-state index contributed by atoms with van der Waals surface area (Å²) < 4.78 is 18.9. The summed E-state index contributed by atoms with van der Waals surface area (Å²) in [6.45, 7) is 3.95. The molecule has 3 atom stereocenters. The number of para-hydroxylation sites is 1. The fourth-order valence-electron chi connectivity index (χ4n) is 5.41. The van der Waals surface area contributed by atoms with Gasteiger partial charge in [-0.3, -0.25) is 4.79 Å².